The minimum Gasteiger partial charge on any atom is -0.508 e. The van der Waals surface area contributed by atoms with Gasteiger partial charge in [0.15, 0.2) is 0 Å². The Morgan fingerprint density at radius 1 is 1.00 bits per heavy atom. The molecular weight excluding hydrogens is 219 g/mol. The lowest BCUT2D eigenvalue weighted by Crippen LogP contribution is -1.88. The van der Waals surface area contributed by atoms with Crippen molar-refractivity contribution < 1.29 is 23.2 Å². The van der Waals surface area contributed by atoms with Crippen molar-refractivity contribution in [3.63, 3.8) is 0 Å². The molecule has 0 aliphatic heterocycles. The number of phosphoric acid groups is 1. The van der Waals surface area contributed by atoms with Gasteiger partial charge in [-0.25, -0.2) is 4.57 Å². The van der Waals surface area contributed by atoms with E-state index in [1.807, 2.05) is 6.07 Å². The Hall–Kier alpha value is -0.870. The SMILES string of the molecule is COP(=O)(OC)OC.Oc1ccccc1. The number of para-hydroxylation sites is 1. The van der Waals surface area contributed by atoms with Crippen LogP contribution in [0.2, 0.25) is 0 Å². The fourth-order valence-electron chi connectivity index (χ4n) is 0.652. The van der Waals surface area contributed by atoms with E-state index in [0.717, 1.165) is 0 Å². The molecule has 0 atom stereocenters. The molecule has 0 aliphatic rings. The zero-order chi connectivity index (χ0) is 11.7. The predicted octanol–water partition coefficient (Wildman–Crippen LogP) is 2.43. The minimum atomic E-state index is -3.16. The van der Waals surface area contributed by atoms with Gasteiger partial charge in [-0.1, -0.05) is 18.2 Å². The third kappa shape index (κ3) is 6.25. The lowest BCUT2D eigenvalue weighted by atomic mass is 10.3. The molecule has 0 saturated heterocycles. The van der Waals surface area contributed by atoms with E-state index in [2.05, 4.69) is 13.6 Å². The molecule has 0 aromatic heterocycles. The lowest BCUT2D eigenvalue weighted by Gasteiger charge is -2.08. The third-order valence-corrected chi connectivity index (χ3v) is 2.77. The van der Waals surface area contributed by atoms with Crippen molar-refractivity contribution in [1.29, 1.82) is 0 Å². The van der Waals surface area contributed by atoms with E-state index in [1.165, 1.54) is 21.3 Å². The first-order chi connectivity index (χ1) is 7.08. The number of phenolic OH excluding ortho intramolecular Hbond substituents is 1. The van der Waals surface area contributed by atoms with Gasteiger partial charge in [0.25, 0.3) is 0 Å². The fourth-order valence-corrected chi connectivity index (χ4v) is 1.10. The van der Waals surface area contributed by atoms with Crippen LogP contribution >= 0.6 is 7.82 Å². The van der Waals surface area contributed by atoms with Crippen molar-refractivity contribution >= 4 is 7.82 Å². The first-order valence-corrected chi connectivity index (χ1v) is 5.55. The van der Waals surface area contributed by atoms with E-state index in [-0.39, 0.29) is 0 Å². The van der Waals surface area contributed by atoms with Crippen LogP contribution < -0.4 is 0 Å². The standard InChI is InChI=1S/C6H6O.C3H9O4P/c7-6-4-2-1-3-5-6;1-5-8(4,6-2)7-3/h1-5,7H;1-3H3. The second kappa shape index (κ2) is 7.43. The maximum absolute atomic E-state index is 10.7. The molecule has 0 amide bonds. The zero-order valence-electron chi connectivity index (χ0n) is 8.91. The van der Waals surface area contributed by atoms with E-state index in [0.29, 0.717) is 5.75 Å². The number of phenols is 1. The van der Waals surface area contributed by atoms with Crippen molar-refractivity contribution in [2.24, 2.45) is 0 Å². The van der Waals surface area contributed by atoms with Gasteiger partial charge in [-0.3, -0.25) is 13.6 Å². The van der Waals surface area contributed by atoms with Crippen molar-refractivity contribution in [1.82, 2.24) is 0 Å². The molecule has 0 heterocycles. The van der Waals surface area contributed by atoms with Gasteiger partial charge in [-0.05, 0) is 12.1 Å². The molecular formula is C9H15O5P. The molecule has 0 aliphatic carbocycles. The topological polar surface area (TPSA) is 65.0 Å². The monoisotopic (exact) mass is 234 g/mol. The molecule has 1 aromatic carbocycles. The molecule has 0 spiro atoms. The van der Waals surface area contributed by atoms with E-state index in [1.54, 1.807) is 24.3 Å². The highest BCUT2D eigenvalue weighted by Gasteiger charge is 2.18. The molecule has 6 heteroatoms. The summed E-state index contributed by atoms with van der Waals surface area (Å²) >= 11 is 0. The Bertz CT molecular complexity index is 282. The molecule has 0 unspecified atom stereocenters. The van der Waals surface area contributed by atoms with Gasteiger partial charge >= 0.3 is 7.82 Å². The Labute approximate surface area is 89.2 Å². The van der Waals surface area contributed by atoms with Gasteiger partial charge in [0.2, 0.25) is 0 Å². The first kappa shape index (κ1) is 14.1. The predicted molar refractivity (Wildman–Crippen MR) is 56.7 cm³/mol. The number of hydrogen-bond acceptors (Lipinski definition) is 5. The van der Waals surface area contributed by atoms with Gasteiger partial charge in [0.05, 0.1) is 0 Å². The highest BCUT2D eigenvalue weighted by atomic mass is 31.2. The van der Waals surface area contributed by atoms with Crippen LogP contribution in [0.4, 0.5) is 0 Å². The van der Waals surface area contributed by atoms with Crippen LogP contribution in [0.1, 0.15) is 0 Å². The van der Waals surface area contributed by atoms with Crippen LogP contribution in [-0.2, 0) is 18.1 Å². The summed E-state index contributed by atoms with van der Waals surface area (Å²) in [7, 11) is 0.611. The number of phosphoric ester groups is 1. The Balaban J connectivity index is 0.000000262. The van der Waals surface area contributed by atoms with Gasteiger partial charge in [0, 0.05) is 21.3 Å². The summed E-state index contributed by atoms with van der Waals surface area (Å²) in [6, 6.07) is 8.71. The molecule has 0 radical (unpaired) electrons. The highest BCUT2D eigenvalue weighted by molar-refractivity contribution is 7.48. The number of hydrogen-bond donors (Lipinski definition) is 1. The Kier molecular flexibility index (Phi) is 6.99. The Morgan fingerprint density at radius 3 is 1.53 bits per heavy atom. The van der Waals surface area contributed by atoms with E-state index < -0.39 is 7.82 Å². The maximum Gasteiger partial charge on any atom is 0.473 e. The van der Waals surface area contributed by atoms with Gasteiger partial charge in [0.1, 0.15) is 5.75 Å². The third-order valence-electron chi connectivity index (χ3n) is 1.43. The zero-order valence-corrected chi connectivity index (χ0v) is 9.81. The smallest absolute Gasteiger partial charge is 0.473 e. The minimum absolute atomic E-state index is 0.322. The van der Waals surface area contributed by atoms with Crippen molar-refractivity contribution in [2.45, 2.75) is 0 Å². The summed E-state index contributed by atoms with van der Waals surface area (Å²) in [4.78, 5) is 0. The molecule has 0 bridgehead atoms. The van der Waals surface area contributed by atoms with Crippen LogP contribution in [0.5, 0.6) is 5.75 Å². The maximum atomic E-state index is 10.7. The molecule has 15 heavy (non-hydrogen) atoms. The molecule has 1 N–H and O–H groups in total. The Morgan fingerprint density at radius 2 is 1.40 bits per heavy atom. The first-order valence-electron chi connectivity index (χ1n) is 4.09. The van der Waals surface area contributed by atoms with Crippen LogP contribution in [0, 0.1) is 0 Å². The van der Waals surface area contributed by atoms with Crippen molar-refractivity contribution in [3.8, 4) is 5.75 Å². The number of rotatable bonds is 3. The molecule has 0 fully saturated rings. The quantitative estimate of drug-likeness (QED) is 0.813. The summed E-state index contributed by atoms with van der Waals surface area (Å²) < 4.78 is 23.7. The van der Waals surface area contributed by atoms with E-state index in [9.17, 15) is 4.57 Å². The molecule has 0 saturated carbocycles. The van der Waals surface area contributed by atoms with Crippen LogP contribution in [0.25, 0.3) is 0 Å². The summed E-state index contributed by atoms with van der Waals surface area (Å²) in [5, 5.41) is 8.63. The molecule has 86 valence electrons. The van der Waals surface area contributed by atoms with Crippen molar-refractivity contribution in [3.05, 3.63) is 30.3 Å². The summed E-state index contributed by atoms with van der Waals surface area (Å²) in [5.41, 5.74) is 0. The second-order valence-electron chi connectivity index (χ2n) is 2.33. The second-order valence-corrected chi connectivity index (χ2v) is 4.32. The highest BCUT2D eigenvalue weighted by Crippen LogP contribution is 2.46. The largest absolute Gasteiger partial charge is 0.508 e. The summed E-state index contributed by atoms with van der Waals surface area (Å²) in [6.07, 6.45) is 0. The van der Waals surface area contributed by atoms with Gasteiger partial charge in [-0.15, -0.1) is 0 Å². The van der Waals surface area contributed by atoms with Crippen LogP contribution in [-0.4, -0.2) is 26.4 Å². The van der Waals surface area contributed by atoms with Gasteiger partial charge in [-0.2, -0.15) is 0 Å². The normalized spacial score (nSPS) is 10.3. The van der Waals surface area contributed by atoms with Crippen LogP contribution in [0.3, 0.4) is 0 Å². The molecule has 1 aromatic rings. The molecule has 1 rings (SSSR count). The van der Waals surface area contributed by atoms with E-state index in [4.69, 9.17) is 5.11 Å². The average molecular weight is 234 g/mol. The van der Waals surface area contributed by atoms with E-state index >= 15 is 0 Å². The summed E-state index contributed by atoms with van der Waals surface area (Å²) in [5.74, 6) is 0.322. The van der Waals surface area contributed by atoms with Gasteiger partial charge < -0.3 is 5.11 Å². The average Bonchev–Trinajstić information content (AvgIpc) is 2.30. The van der Waals surface area contributed by atoms with Crippen LogP contribution in [0.15, 0.2) is 30.3 Å². The number of aromatic hydroxyl groups is 1. The lowest BCUT2D eigenvalue weighted by molar-refractivity contribution is 0.178. The number of benzene rings is 1. The molecule has 5 nitrogen and oxygen atoms in total. The summed E-state index contributed by atoms with van der Waals surface area (Å²) in [6.45, 7) is 0. The fraction of sp³-hybridized carbons (Fsp3) is 0.333. The van der Waals surface area contributed by atoms with Crippen molar-refractivity contribution in [2.75, 3.05) is 21.3 Å².